The maximum absolute atomic E-state index is 14.5. The molecule has 0 fully saturated rings. The second-order valence-corrected chi connectivity index (χ2v) is 9.14. The normalized spacial score (nSPS) is 12.6. The molecule has 1 aromatic heterocycles. The summed E-state index contributed by atoms with van der Waals surface area (Å²) in [5.41, 5.74) is 1.70. The molecule has 0 saturated carbocycles. The summed E-state index contributed by atoms with van der Waals surface area (Å²) in [6, 6.07) is 7.48. The number of halogens is 2. The van der Waals surface area contributed by atoms with E-state index in [0.29, 0.717) is 25.0 Å². The van der Waals surface area contributed by atoms with Crippen molar-refractivity contribution in [3.05, 3.63) is 69.1 Å². The third kappa shape index (κ3) is 5.44. The highest BCUT2D eigenvalue weighted by Crippen LogP contribution is 2.41. The number of aryl methyl sites for hydroxylation is 1. The number of nitrogens with one attached hydrogen (secondary N) is 1. The van der Waals surface area contributed by atoms with Crippen molar-refractivity contribution in [1.82, 2.24) is 4.98 Å². The molecule has 188 valence electrons. The first-order valence-electron chi connectivity index (χ1n) is 11.3. The molecule has 2 N–H and O–H groups in total. The minimum atomic E-state index is -1.30. The average Bonchev–Trinajstić information content (AvgIpc) is 3.26. The number of carbonyl (C=O) groups excluding carboxylic acids is 1. The number of anilines is 1. The molecule has 4 rings (SSSR count). The van der Waals surface area contributed by atoms with E-state index in [1.54, 1.807) is 0 Å². The first-order chi connectivity index (χ1) is 17.3. The van der Waals surface area contributed by atoms with Gasteiger partial charge in [0.25, 0.3) is 5.91 Å². The number of ether oxygens (including phenoxy) is 2. The van der Waals surface area contributed by atoms with Gasteiger partial charge in [0.2, 0.25) is 0 Å². The van der Waals surface area contributed by atoms with Gasteiger partial charge in [-0.05, 0) is 51.0 Å². The zero-order valence-electron chi connectivity index (χ0n) is 19.7. The van der Waals surface area contributed by atoms with Crippen molar-refractivity contribution in [3.63, 3.8) is 0 Å². The van der Waals surface area contributed by atoms with Crippen molar-refractivity contribution in [2.24, 2.45) is 0 Å². The highest BCUT2D eigenvalue weighted by atomic mass is 32.1. The van der Waals surface area contributed by atoms with Crippen LogP contribution in [0.15, 0.2) is 35.9 Å². The Labute approximate surface area is 210 Å². The molecule has 7 nitrogen and oxygen atoms in total. The number of hydrogen-bond acceptors (Lipinski definition) is 6. The Morgan fingerprint density at radius 3 is 2.64 bits per heavy atom. The summed E-state index contributed by atoms with van der Waals surface area (Å²) >= 11 is 1.31. The van der Waals surface area contributed by atoms with Crippen LogP contribution in [0, 0.1) is 11.6 Å². The lowest BCUT2D eigenvalue weighted by atomic mass is 9.93. The molecular weight excluding hydrogens is 490 g/mol. The van der Waals surface area contributed by atoms with Crippen molar-refractivity contribution in [2.45, 2.75) is 26.7 Å². The fraction of sp³-hybridized carbons (Fsp3) is 0.269. The highest BCUT2D eigenvalue weighted by molar-refractivity contribution is 7.16. The summed E-state index contributed by atoms with van der Waals surface area (Å²) in [7, 11) is 0. The van der Waals surface area contributed by atoms with Crippen molar-refractivity contribution in [2.75, 3.05) is 25.1 Å². The molecule has 1 aliphatic rings. The van der Waals surface area contributed by atoms with Gasteiger partial charge in [-0.2, -0.15) is 0 Å². The average molecular weight is 515 g/mol. The molecule has 0 atom stereocenters. The van der Waals surface area contributed by atoms with Crippen molar-refractivity contribution in [1.29, 1.82) is 0 Å². The monoisotopic (exact) mass is 514 g/mol. The maximum atomic E-state index is 14.5. The third-order valence-corrected chi connectivity index (χ3v) is 6.67. The van der Waals surface area contributed by atoms with E-state index in [9.17, 15) is 18.4 Å². The van der Waals surface area contributed by atoms with Crippen LogP contribution in [0.4, 0.5) is 13.9 Å². The molecular formula is C26H24F2N2O5S. The topological polar surface area (TPSA) is 97.8 Å². The summed E-state index contributed by atoms with van der Waals surface area (Å²) in [4.78, 5) is 29.2. The van der Waals surface area contributed by atoms with Crippen molar-refractivity contribution in [3.8, 4) is 17.0 Å². The third-order valence-electron chi connectivity index (χ3n) is 5.64. The number of carboxylic acid groups (broad SMARTS) is 1. The molecule has 36 heavy (non-hydrogen) atoms. The zero-order valence-corrected chi connectivity index (χ0v) is 20.5. The van der Waals surface area contributed by atoms with E-state index >= 15 is 0 Å². The maximum Gasteiger partial charge on any atom is 0.331 e. The minimum Gasteiger partial charge on any atom is -0.491 e. The molecule has 0 bridgehead atoms. The van der Waals surface area contributed by atoms with Crippen LogP contribution in [0.3, 0.4) is 0 Å². The Morgan fingerprint density at radius 2 is 1.94 bits per heavy atom. The van der Waals surface area contributed by atoms with Crippen LogP contribution in [-0.4, -0.2) is 41.8 Å². The number of carboxylic acids is 1. The molecule has 1 aliphatic carbocycles. The summed E-state index contributed by atoms with van der Waals surface area (Å²) in [5, 5.41) is 11.9. The van der Waals surface area contributed by atoms with Gasteiger partial charge < -0.3 is 14.6 Å². The van der Waals surface area contributed by atoms with Crippen LogP contribution in [0.5, 0.6) is 5.75 Å². The number of hydrogen-bond donors (Lipinski definition) is 2. The smallest absolute Gasteiger partial charge is 0.331 e. The Kier molecular flexibility index (Phi) is 7.76. The molecule has 2 aromatic carbocycles. The first kappa shape index (κ1) is 25.5. The number of aliphatic carboxylic acids is 1. The lowest BCUT2D eigenvalue weighted by Gasteiger charge is -2.19. The van der Waals surface area contributed by atoms with E-state index in [1.165, 1.54) is 18.3 Å². The fourth-order valence-corrected chi connectivity index (χ4v) is 4.83. The van der Waals surface area contributed by atoms with Crippen LogP contribution in [0.25, 0.3) is 17.3 Å². The van der Waals surface area contributed by atoms with Crippen molar-refractivity contribution < 1.29 is 33.0 Å². The Balaban J connectivity index is 1.54. The summed E-state index contributed by atoms with van der Waals surface area (Å²) in [6.45, 7) is 4.70. The van der Waals surface area contributed by atoms with Crippen LogP contribution < -0.4 is 10.1 Å². The van der Waals surface area contributed by atoms with Crippen LogP contribution in [0.1, 0.15) is 40.2 Å². The van der Waals surface area contributed by atoms with E-state index in [2.05, 4.69) is 10.3 Å². The lowest BCUT2D eigenvalue weighted by Crippen LogP contribution is -2.13. The number of fused-ring (bicyclic) bond motifs is 3. The van der Waals surface area contributed by atoms with Crippen LogP contribution in [-0.2, 0) is 22.4 Å². The molecule has 0 saturated heterocycles. The predicted octanol–water partition coefficient (Wildman–Crippen LogP) is 5.34. The van der Waals surface area contributed by atoms with E-state index in [1.807, 2.05) is 25.1 Å². The number of thiazole rings is 1. The number of aromatic nitrogens is 1. The summed E-state index contributed by atoms with van der Waals surface area (Å²) in [6.07, 6.45) is 2.36. The molecule has 1 heterocycles. The minimum absolute atomic E-state index is 0.235. The number of benzene rings is 2. The summed E-state index contributed by atoms with van der Waals surface area (Å²) < 4.78 is 40.2. The number of carbonyl (C=O) groups is 2. The first-order valence-corrected chi connectivity index (χ1v) is 12.1. The van der Waals surface area contributed by atoms with Gasteiger partial charge in [-0.15, -0.1) is 11.3 Å². The van der Waals surface area contributed by atoms with E-state index < -0.39 is 29.1 Å². The molecule has 0 unspecified atom stereocenters. The highest BCUT2D eigenvalue weighted by Gasteiger charge is 2.24. The van der Waals surface area contributed by atoms with Gasteiger partial charge in [-0.1, -0.05) is 12.1 Å². The van der Waals surface area contributed by atoms with Crippen LogP contribution >= 0.6 is 11.3 Å². The molecule has 10 heteroatoms. The largest absolute Gasteiger partial charge is 0.491 e. The van der Waals surface area contributed by atoms with Gasteiger partial charge in [0.05, 0.1) is 12.3 Å². The Morgan fingerprint density at radius 1 is 1.19 bits per heavy atom. The molecule has 0 spiro atoms. The molecule has 3 aromatic rings. The summed E-state index contributed by atoms with van der Waals surface area (Å²) in [5.74, 6) is -3.32. The number of nitrogens with zero attached hydrogens (tertiary/aromatic N) is 1. The number of amides is 1. The standard InChI is InChI=1S/C26H24F2N2O5S/c1-3-34-9-10-35-21-6-4-5-17-16(21)7-8-22-23(17)29-26(36-22)30-24(31)15-12-19(27)18(20(28)13-15)11-14(2)25(32)33/h4-6,11-13H,3,7-10H2,1-2H3,(H,32,33)(H,29,30,31)/b14-11+. The van der Waals surface area contributed by atoms with Gasteiger partial charge in [-0.3, -0.25) is 10.1 Å². The second-order valence-electron chi connectivity index (χ2n) is 8.06. The van der Waals surface area contributed by atoms with E-state index in [0.717, 1.165) is 58.5 Å². The Hall–Kier alpha value is -3.63. The van der Waals surface area contributed by atoms with Gasteiger partial charge >= 0.3 is 5.97 Å². The van der Waals surface area contributed by atoms with Crippen LogP contribution in [0.2, 0.25) is 0 Å². The van der Waals surface area contributed by atoms with Gasteiger partial charge in [0.1, 0.15) is 24.0 Å². The van der Waals surface area contributed by atoms with Gasteiger partial charge in [0, 0.05) is 39.3 Å². The zero-order chi connectivity index (χ0) is 25.8. The lowest BCUT2D eigenvalue weighted by molar-refractivity contribution is -0.132. The number of rotatable bonds is 9. The predicted molar refractivity (Wildman–Crippen MR) is 133 cm³/mol. The molecule has 1 amide bonds. The molecule has 0 aliphatic heterocycles. The second kappa shape index (κ2) is 11.0. The fourth-order valence-electron chi connectivity index (χ4n) is 3.86. The van der Waals surface area contributed by atoms with Gasteiger partial charge in [-0.25, -0.2) is 18.6 Å². The van der Waals surface area contributed by atoms with E-state index in [-0.39, 0.29) is 11.1 Å². The molecule has 0 radical (unpaired) electrons. The SMILES string of the molecule is CCOCCOc1cccc2c1CCc1sc(NC(=O)c3cc(F)c(/C=C(\C)C(=O)O)c(F)c3)nc1-2. The Bertz CT molecular complexity index is 1330. The van der Waals surface area contributed by atoms with E-state index in [4.69, 9.17) is 14.6 Å². The van der Waals surface area contributed by atoms with Crippen molar-refractivity contribution >= 4 is 34.4 Å². The van der Waals surface area contributed by atoms with Gasteiger partial charge in [0.15, 0.2) is 5.13 Å². The quantitative estimate of drug-likeness (QED) is 0.295.